The number of nitrogens with zero attached hydrogens (tertiary/aromatic N) is 1. The van der Waals surface area contributed by atoms with Gasteiger partial charge in [0.1, 0.15) is 10.0 Å². The van der Waals surface area contributed by atoms with Gasteiger partial charge in [0.2, 0.25) is 0 Å². The van der Waals surface area contributed by atoms with E-state index in [1.807, 2.05) is 6.92 Å². The van der Waals surface area contributed by atoms with E-state index in [2.05, 4.69) is 5.32 Å². The molecule has 1 aromatic carbocycles. The molecule has 0 saturated carbocycles. The smallest absolute Gasteiger partial charge is 0.253 e. The van der Waals surface area contributed by atoms with Crippen molar-refractivity contribution in [2.75, 3.05) is 19.6 Å². The topological polar surface area (TPSA) is 49.4 Å². The van der Waals surface area contributed by atoms with E-state index in [1.165, 1.54) is 27.8 Å². The van der Waals surface area contributed by atoms with Crippen molar-refractivity contribution in [1.82, 2.24) is 9.62 Å². The van der Waals surface area contributed by atoms with Crippen LogP contribution in [0.4, 0.5) is 4.39 Å². The maximum Gasteiger partial charge on any atom is 0.253 e. The van der Waals surface area contributed by atoms with Gasteiger partial charge in [-0.25, -0.2) is 12.8 Å². The van der Waals surface area contributed by atoms with Crippen LogP contribution in [0.1, 0.15) is 16.5 Å². The van der Waals surface area contributed by atoms with Crippen LogP contribution in [0.3, 0.4) is 0 Å². The minimum Gasteiger partial charge on any atom is -0.313 e. The van der Waals surface area contributed by atoms with Crippen molar-refractivity contribution in [3.8, 4) is 0 Å². The zero-order chi connectivity index (χ0) is 15.7. The standard InChI is InChI=1S/C15H17FN2O2S2.ClH/c1-11-5-6-15(21-11)22(19,20)18-8-7-17-10-14(18)12-3-2-4-13(16)9-12;/h2-6,9,14,17H,7-8,10H2,1H3;1H. The SMILES string of the molecule is Cc1ccc(S(=O)(=O)N2CCNCC2c2cccc(F)c2)s1.Cl. The minimum atomic E-state index is -3.56. The molecule has 2 aromatic rings. The summed E-state index contributed by atoms with van der Waals surface area (Å²) in [6.45, 7) is 3.33. The molecule has 1 aromatic heterocycles. The first-order valence-corrected chi connectivity index (χ1v) is 9.28. The fraction of sp³-hybridized carbons (Fsp3) is 0.333. The molecule has 4 nitrogen and oxygen atoms in total. The predicted octanol–water partition coefficient (Wildman–Crippen LogP) is 2.95. The highest BCUT2D eigenvalue weighted by Crippen LogP contribution is 2.32. The fourth-order valence-electron chi connectivity index (χ4n) is 2.64. The Morgan fingerprint density at radius 1 is 1.30 bits per heavy atom. The van der Waals surface area contributed by atoms with Crippen LogP contribution in [-0.2, 0) is 10.0 Å². The largest absolute Gasteiger partial charge is 0.313 e. The summed E-state index contributed by atoms with van der Waals surface area (Å²) in [6, 6.07) is 9.19. The Morgan fingerprint density at radius 2 is 2.09 bits per heavy atom. The van der Waals surface area contributed by atoms with Crippen molar-refractivity contribution in [2.45, 2.75) is 17.2 Å². The highest BCUT2D eigenvalue weighted by atomic mass is 35.5. The van der Waals surface area contributed by atoms with Gasteiger partial charge in [0, 0.05) is 24.5 Å². The molecule has 23 heavy (non-hydrogen) atoms. The number of hydrogen-bond acceptors (Lipinski definition) is 4. The van der Waals surface area contributed by atoms with Gasteiger partial charge in [-0.3, -0.25) is 0 Å². The highest BCUT2D eigenvalue weighted by Gasteiger charge is 2.35. The molecule has 1 unspecified atom stereocenters. The van der Waals surface area contributed by atoms with Crippen LogP contribution in [0.5, 0.6) is 0 Å². The molecule has 0 spiro atoms. The van der Waals surface area contributed by atoms with Crippen LogP contribution in [0.2, 0.25) is 0 Å². The quantitative estimate of drug-likeness (QED) is 0.896. The summed E-state index contributed by atoms with van der Waals surface area (Å²) >= 11 is 1.26. The molecule has 3 rings (SSSR count). The Hall–Kier alpha value is -0.990. The van der Waals surface area contributed by atoms with Crippen molar-refractivity contribution >= 4 is 33.8 Å². The molecule has 1 atom stereocenters. The van der Waals surface area contributed by atoms with E-state index in [0.29, 0.717) is 29.4 Å². The van der Waals surface area contributed by atoms with E-state index in [4.69, 9.17) is 0 Å². The lowest BCUT2D eigenvalue weighted by Crippen LogP contribution is -2.48. The van der Waals surface area contributed by atoms with E-state index in [-0.39, 0.29) is 18.2 Å². The van der Waals surface area contributed by atoms with Crippen LogP contribution in [0.15, 0.2) is 40.6 Å². The van der Waals surface area contributed by atoms with Crippen molar-refractivity contribution in [1.29, 1.82) is 0 Å². The number of thiophene rings is 1. The molecule has 0 aliphatic carbocycles. The van der Waals surface area contributed by atoms with Gasteiger partial charge in [0.25, 0.3) is 10.0 Å². The second kappa shape index (κ2) is 7.27. The molecule has 0 amide bonds. The molecule has 1 aliphatic heterocycles. The minimum absolute atomic E-state index is 0. The van der Waals surface area contributed by atoms with Crippen LogP contribution < -0.4 is 5.32 Å². The summed E-state index contributed by atoms with van der Waals surface area (Å²) in [5, 5.41) is 3.19. The second-order valence-corrected chi connectivity index (χ2v) is 8.66. The molecule has 8 heteroatoms. The zero-order valence-electron chi connectivity index (χ0n) is 12.5. The Morgan fingerprint density at radius 3 is 2.74 bits per heavy atom. The lowest BCUT2D eigenvalue weighted by Gasteiger charge is -2.35. The first kappa shape index (κ1) is 18.4. The number of benzene rings is 1. The number of rotatable bonds is 3. The van der Waals surface area contributed by atoms with Gasteiger partial charge in [0.05, 0.1) is 6.04 Å². The summed E-state index contributed by atoms with van der Waals surface area (Å²) in [4.78, 5) is 0.955. The summed E-state index contributed by atoms with van der Waals surface area (Å²) < 4.78 is 41.1. The van der Waals surface area contributed by atoms with Gasteiger partial charge >= 0.3 is 0 Å². The molecule has 1 N–H and O–H groups in total. The molecule has 0 radical (unpaired) electrons. The Bertz CT molecular complexity index is 779. The van der Waals surface area contributed by atoms with Gasteiger partial charge in [-0.05, 0) is 36.8 Å². The number of aryl methyl sites for hydroxylation is 1. The third kappa shape index (κ3) is 3.75. The zero-order valence-corrected chi connectivity index (χ0v) is 15.0. The molecule has 0 bridgehead atoms. The number of sulfonamides is 1. The van der Waals surface area contributed by atoms with Crippen LogP contribution in [0, 0.1) is 12.7 Å². The first-order chi connectivity index (χ1) is 10.5. The molecule has 1 aliphatic rings. The van der Waals surface area contributed by atoms with Crippen LogP contribution in [-0.4, -0.2) is 32.4 Å². The van der Waals surface area contributed by atoms with E-state index in [1.54, 1.807) is 24.3 Å². The number of halogens is 2. The summed E-state index contributed by atoms with van der Waals surface area (Å²) in [7, 11) is -3.56. The highest BCUT2D eigenvalue weighted by molar-refractivity contribution is 7.91. The van der Waals surface area contributed by atoms with Crippen LogP contribution in [0.25, 0.3) is 0 Å². The summed E-state index contributed by atoms with van der Waals surface area (Å²) in [5.41, 5.74) is 0.670. The van der Waals surface area contributed by atoms with Crippen molar-refractivity contribution in [3.63, 3.8) is 0 Å². The second-order valence-electron chi connectivity index (χ2n) is 5.26. The van der Waals surface area contributed by atoms with Crippen LogP contribution >= 0.6 is 23.7 Å². The van der Waals surface area contributed by atoms with E-state index in [9.17, 15) is 12.8 Å². The lowest BCUT2D eigenvalue weighted by atomic mass is 10.1. The lowest BCUT2D eigenvalue weighted by molar-refractivity contribution is 0.271. The molecule has 1 saturated heterocycles. The molecular weight excluding hydrogens is 359 g/mol. The molecular formula is C15H18ClFN2O2S2. The average molecular weight is 377 g/mol. The predicted molar refractivity (Wildman–Crippen MR) is 92.2 cm³/mol. The third-order valence-corrected chi connectivity index (χ3v) is 7.08. The Kier molecular flexibility index (Phi) is 5.80. The van der Waals surface area contributed by atoms with E-state index >= 15 is 0 Å². The van der Waals surface area contributed by atoms with E-state index < -0.39 is 16.1 Å². The van der Waals surface area contributed by atoms with Crippen molar-refractivity contribution < 1.29 is 12.8 Å². The monoisotopic (exact) mass is 376 g/mol. The van der Waals surface area contributed by atoms with E-state index in [0.717, 1.165) is 4.88 Å². The molecule has 126 valence electrons. The van der Waals surface area contributed by atoms with Crippen molar-refractivity contribution in [3.05, 3.63) is 52.7 Å². The normalized spacial score (nSPS) is 19.3. The van der Waals surface area contributed by atoms with Gasteiger partial charge in [0.15, 0.2) is 0 Å². The number of nitrogens with one attached hydrogen (secondary N) is 1. The fourth-order valence-corrected chi connectivity index (χ4v) is 5.66. The average Bonchev–Trinajstić information content (AvgIpc) is 2.95. The Labute approximate surface area is 145 Å². The van der Waals surface area contributed by atoms with Gasteiger partial charge < -0.3 is 5.32 Å². The molecule has 1 fully saturated rings. The first-order valence-electron chi connectivity index (χ1n) is 7.03. The van der Waals surface area contributed by atoms with Gasteiger partial charge in [-0.1, -0.05) is 12.1 Å². The summed E-state index contributed by atoms with van der Waals surface area (Å²) in [6.07, 6.45) is 0. The van der Waals surface area contributed by atoms with Gasteiger partial charge in [-0.2, -0.15) is 4.31 Å². The maximum atomic E-state index is 13.5. The van der Waals surface area contributed by atoms with Crippen molar-refractivity contribution in [2.24, 2.45) is 0 Å². The third-order valence-electron chi connectivity index (χ3n) is 3.71. The molecule has 2 heterocycles. The maximum absolute atomic E-state index is 13.5. The Balaban J connectivity index is 0.00000192. The van der Waals surface area contributed by atoms with Gasteiger partial charge in [-0.15, -0.1) is 23.7 Å². The number of piperazine rings is 1. The summed E-state index contributed by atoms with van der Waals surface area (Å²) in [5.74, 6) is -0.354. The number of hydrogen-bond donors (Lipinski definition) is 1.